The molecular weight excluding hydrogens is 246 g/mol. The van der Waals surface area contributed by atoms with E-state index in [-0.39, 0.29) is 12.1 Å². The summed E-state index contributed by atoms with van der Waals surface area (Å²) >= 11 is 0. The number of hydrogen-bond donors (Lipinski definition) is 2. The van der Waals surface area contributed by atoms with Crippen LogP contribution in [0.3, 0.4) is 0 Å². The largest absolute Gasteiger partial charge is 0.503 e. The minimum absolute atomic E-state index is 0.0191. The van der Waals surface area contributed by atoms with E-state index in [2.05, 4.69) is 0 Å². The molecule has 0 spiro atoms. The Balaban J connectivity index is 1.86. The predicted octanol–water partition coefficient (Wildman–Crippen LogP) is 1.36. The third kappa shape index (κ3) is 2.93. The van der Waals surface area contributed by atoms with Crippen LogP contribution in [0.1, 0.15) is 12.0 Å². The fraction of sp³-hybridized carbons (Fsp3) is 0.286. The van der Waals surface area contributed by atoms with Gasteiger partial charge in [0.15, 0.2) is 5.76 Å². The first-order chi connectivity index (χ1) is 9.09. The van der Waals surface area contributed by atoms with E-state index < -0.39 is 17.6 Å². The van der Waals surface area contributed by atoms with Gasteiger partial charge < -0.3 is 15.1 Å². The summed E-state index contributed by atoms with van der Waals surface area (Å²) in [5.41, 5.74) is 0.953. The highest BCUT2D eigenvalue weighted by Gasteiger charge is 2.33. The maximum Gasteiger partial charge on any atom is 0.337 e. The van der Waals surface area contributed by atoms with E-state index in [4.69, 9.17) is 5.11 Å². The Labute approximate surface area is 110 Å². The molecule has 0 atom stereocenters. The quantitative estimate of drug-likeness (QED) is 0.839. The molecule has 1 aromatic carbocycles. The standard InChI is InChI=1S/C14H15NO4/c16-12-11(14(18)19)9-15(13(12)17)8-4-7-10-5-2-1-3-6-10/h1-3,5-6,16H,4,7-9H2,(H,18,19). The number of hydrogen-bond acceptors (Lipinski definition) is 3. The maximum atomic E-state index is 11.6. The van der Waals surface area contributed by atoms with Crippen molar-refractivity contribution in [2.24, 2.45) is 0 Å². The van der Waals surface area contributed by atoms with E-state index in [0.29, 0.717) is 6.54 Å². The molecule has 0 bridgehead atoms. The molecule has 100 valence electrons. The highest BCUT2D eigenvalue weighted by Crippen LogP contribution is 2.17. The van der Waals surface area contributed by atoms with Gasteiger partial charge in [-0.1, -0.05) is 30.3 Å². The Bertz CT molecular complexity index is 522. The number of rotatable bonds is 5. The van der Waals surface area contributed by atoms with Crippen molar-refractivity contribution < 1.29 is 19.8 Å². The fourth-order valence-electron chi connectivity index (χ4n) is 2.08. The zero-order chi connectivity index (χ0) is 13.8. The van der Waals surface area contributed by atoms with Crippen molar-refractivity contribution in [3.8, 4) is 0 Å². The molecule has 0 fully saturated rings. The molecule has 2 N–H and O–H groups in total. The number of aliphatic carboxylic acids is 1. The van der Waals surface area contributed by atoms with E-state index >= 15 is 0 Å². The minimum Gasteiger partial charge on any atom is -0.503 e. The average molecular weight is 261 g/mol. The third-order valence-electron chi connectivity index (χ3n) is 3.12. The number of carboxylic acid groups (broad SMARTS) is 1. The van der Waals surface area contributed by atoms with Gasteiger partial charge in [0.2, 0.25) is 0 Å². The number of benzene rings is 1. The lowest BCUT2D eigenvalue weighted by Gasteiger charge is -2.15. The van der Waals surface area contributed by atoms with E-state index in [0.717, 1.165) is 12.8 Å². The summed E-state index contributed by atoms with van der Waals surface area (Å²) < 4.78 is 0. The van der Waals surface area contributed by atoms with Crippen LogP contribution in [0.15, 0.2) is 41.7 Å². The second-order valence-electron chi connectivity index (χ2n) is 4.45. The van der Waals surface area contributed by atoms with Crippen LogP contribution in [0.4, 0.5) is 0 Å². The summed E-state index contributed by atoms with van der Waals surface area (Å²) in [4.78, 5) is 23.8. The normalized spacial score (nSPS) is 15.2. The molecule has 0 saturated heterocycles. The van der Waals surface area contributed by atoms with Gasteiger partial charge in [-0.2, -0.15) is 0 Å². The van der Waals surface area contributed by atoms with Gasteiger partial charge in [0.1, 0.15) is 5.57 Å². The van der Waals surface area contributed by atoms with Crippen molar-refractivity contribution in [3.63, 3.8) is 0 Å². The van der Waals surface area contributed by atoms with Crippen LogP contribution in [0, 0.1) is 0 Å². The highest BCUT2D eigenvalue weighted by atomic mass is 16.4. The van der Waals surface area contributed by atoms with Crippen LogP contribution < -0.4 is 0 Å². The summed E-state index contributed by atoms with van der Waals surface area (Å²) in [5.74, 6) is -2.46. The Kier molecular flexibility index (Phi) is 3.85. The Hall–Kier alpha value is -2.30. The van der Waals surface area contributed by atoms with Crippen LogP contribution in [-0.4, -0.2) is 40.1 Å². The molecule has 2 rings (SSSR count). The summed E-state index contributed by atoms with van der Waals surface area (Å²) in [6, 6.07) is 9.85. The molecule has 1 amide bonds. The molecule has 1 heterocycles. The number of aliphatic hydroxyl groups is 1. The van der Waals surface area contributed by atoms with Crippen LogP contribution in [0.5, 0.6) is 0 Å². The second-order valence-corrected chi connectivity index (χ2v) is 4.45. The first-order valence-corrected chi connectivity index (χ1v) is 6.08. The SMILES string of the molecule is O=C(O)C1=C(O)C(=O)N(CCCc2ccccc2)C1. The predicted molar refractivity (Wildman–Crippen MR) is 68.6 cm³/mol. The lowest BCUT2D eigenvalue weighted by molar-refractivity contribution is -0.133. The number of aliphatic hydroxyl groups excluding tert-OH is 1. The topological polar surface area (TPSA) is 77.8 Å². The Morgan fingerprint density at radius 1 is 1.26 bits per heavy atom. The average Bonchev–Trinajstić information content (AvgIpc) is 2.68. The molecule has 5 nitrogen and oxygen atoms in total. The van der Waals surface area contributed by atoms with Crippen molar-refractivity contribution in [3.05, 3.63) is 47.2 Å². The number of carbonyl (C=O) groups is 2. The fourth-order valence-corrected chi connectivity index (χ4v) is 2.08. The number of aryl methyl sites for hydroxylation is 1. The van der Waals surface area contributed by atoms with Crippen molar-refractivity contribution in [1.82, 2.24) is 4.90 Å². The van der Waals surface area contributed by atoms with Crippen molar-refractivity contribution in [1.29, 1.82) is 0 Å². The molecule has 1 aromatic rings. The van der Waals surface area contributed by atoms with Gasteiger partial charge in [0.05, 0.1) is 6.54 Å². The van der Waals surface area contributed by atoms with Crippen LogP contribution in [-0.2, 0) is 16.0 Å². The maximum absolute atomic E-state index is 11.6. The molecule has 0 saturated carbocycles. The second kappa shape index (κ2) is 5.56. The summed E-state index contributed by atoms with van der Waals surface area (Å²) in [5, 5.41) is 18.2. The highest BCUT2D eigenvalue weighted by molar-refractivity contribution is 6.04. The van der Waals surface area contributed by atoms with Crippen molar-refractivity contribution >= 4 is 11.9 Å². The van der Waals surface area contributed by atoms with Crippen molar-refractivity contribution in [2.45, 2.75) is 12.8 Å². The van der Waals surface area contributed by atoms with Gasteiger partial charge in [-0.25, -0.2) is 4.79 Å². The van der Waals surface area contributed by atoms with Crippen LogP contribution in [0.25, 0.3) is 0 Å². The Morgan fingerprint density at radius 3 is 2.53 bits per heavy atom. The molecule has 1 aliphatic heterocycles. The van der Waals surface area contributed by atoms with Gasteiger partial charge in [-0.15, -0.1) is 0 Å². The van der Waals surface area contributed by atoms with Gasteiger partial charge >= 0.3 is 5.97 Å². The van der Waals surface area contributed by atoms with Crippen LogP contribution >= 0.6 is 0 Å². The monoisotopic (exact) mass is 261 g/mol. The van der Waals surface area contributed by atoms with Gasteiger partial charge in [-0.05, 0) is 18.4 Å². The van der Waals surface area contributed by atoms with E-state index in [9.17, 15) is 14.7 Å². The molecule has 0 radical (unpaired) electrons. The molecule has 0 unspecified atom stereocenters. The zero-order valence-electron chi connectivity index (χ0n) is 10.4. The number of carboxylic acids is 1. The molecule has 0 aliphatic carbocycles. The summed E-state index contributed by atoms with van der Waals surface area (Å²) in [6.07, 6.45) is 1.55. The molecule has 5 heteroatoms. The zero-order valence-corrected chi connectivity index (χ0v) is 10.4. The van der Waals surface area contributed by atoms with E-state index in [1.54, 1.807) is 0 Å². The first-order valence-electron chi connectivity index (χ1n) is 6.08. The molecular formula is C14H15NO4. The lowest BCUT2D eigenvalue weighted by Crippen LogP contribution is -2.29. The number of nitrogens with zero attached hydrogens (tertiary/aromatic N) is 1. The number of amides is 1. The summed E-state index contributed by atoms with van der Waals surface area (Å²) in [7, 11) is 0. The van der Waals surface area contributed by atoms with E-state index in [1.165, 1.54) is 10.5 Å². The molecule has 1 aliphatic rings. The number of carbonyl (C=O) groups excluding carboxylic acids is 1. The molecule has 19 heavy (non-hydrogen) atoms. The molecule has 0 aromatic heterocycles. The minimum atomic E-state index is -1.24. The third-order valence-corrected chi connectivity index (χ3v) is 3.12. The van der Waals surface area contributed by atoms with Gasteiger partial charge in [0, 0.05) is 6.54 Å². The van der Waals surface area contributed by atoms with Crippen molar-refractivity contribution in [2.75, 3.05) is 13.1 Å². The van der Waals surface area contributed by atoms with Gasteiger partial charge in [0.25, 0.3) is 5.91 Å². The lowest BCUT2D eigenvalue weighted by atomic mass is 10.1. The van der Waals surface area contributed by atoms with E-state index in [1.807, 2.05) is 30.3 Å². The summed E-state index contributed by atoms with van der Waals surface area (Å²) in [6.45, 7) is 0.420. The van der Waals surface area contributed by atoms with Crippen LogP contribution in [0.2, 0.25) is 0 Å². The Morgan fingerprint density at radius 2 is 1.95 bits per heavy atom. The first kappa shape index (κ1) is 13.1. The van der Waals surface area contributed by atoms with Gasteiger partial charge in [-0.3, -0.25) is 4.79 Å². The smallest absolute Gasteiger partial charge is 0.337 e.